The van der Waals surface area contributed by atoms with Crippen LogP contribution in [0.5, 0.6) is 0 Å². The molecule has 0 saturated carbocycles. The molecule has 0 spiro atoms. The van der Waals surface area contributed by atoms with Gasteiger partial charge in [0.1, 0.15) is 5.76 Å². The number of halogens is 1. The topological polar surface area (TPSA) is 107 Å². The molecule has 1 atom stereocenters. The summed E-state index contributed by atoms with van der Waals surface area (Å²) in [5, 5.41) is 11.8. The van der Waals surface area contributed by atoms with Crippen LogP contribution in [0.3, 0.4) is 0 Å². The summed E-state index contributed by atoms with van der Waals surface area (Å²) >= 11 is 6.08. The monoisotopic (exact) mass is 561 g/mol. The minimum absolute atomic E-state index is 0.0411. The summed E-state index contributed by atoms with van der Waals surface area (Å²) in [5.74, 6) is -1.83. The first kappa shape index (κ1) is 28.3. The van der Waals surface area contributed by atoms with E-state index in [-0.39, 0.29) is 34.9 Å². The van der Waals surface area contributed by atoms with E-state index in [0.29, 0.717) is 36.9 Å². The molecule has 2 aliphatic heterocycles. The molecule has 2 aromatic carbocycles. The third-order valence-corrected chi connectivity index (χ3v) is 9.18. The van der Waals surface area contributed by atoms with Crippen LogP contribution in [0.2, 0.25) is 5.02 Å². The highest BCUT2D eigenvalue weighted by molar-refractivity contribution is 7.89. The van der Waals surface area contributed by atoms with Gasteiger partial charge in [0.05, 0.1) is 29.7 Å². The van der Waals surface area contributed by atoms with Crippen molar-refractivity contribution >= 4 is 39.1 Å². The van der Waals surface area contributed by atoms with Crippen LogP contribution in [0.25, 0.3) is 5.76 Å². The Hall–Kier alpha value is -2.76. The van der Waals surface area contributed by atoms with Crippen LogP contribution in [-0.4, -0.2) is 91.8 Å². The Bertz CT molecular complexity index is 1300. The lowest BCUT2D eigenvalue weighted by Crippen LogP contribution is -2.40. The SMILES string of the molecule is CCN(CC)CCN1C(=O)C(=O)/C(=C(\O)c2ccc(S(=O)(=O)N3CCOCC3)cc2)C1c1ccc(Cl)cc1. The number of likely N-dealkylation sites (tertiary alicyclic amines) is 1. The Morgan fingerprint density at radius 1 is 1.03 bits per heavy atom. The fourth-order valence-electron chi connectivity index (χ4n) is 4.77. The van der Waals surface area contributed by atoms with E-state index in [4.69, 9.17) is 16.3 Å². The first-order valence-electron chi connectivity index (χ1n) is 12.6. The smallest absolute Gasteiger partial charge is 0.295 e. The first-order valence-corrected chi connectivity index (χ1v) is 14.4. The number of aliphatic hydroxyl groups is 1. The lowest BCUT2D eigenvalue weighted by molar-refractivity contribution is -0.140. The van der Waals surface area contributed by atoms with Crippen molar-refractivity contribution in [3.63, 3.8) is 0 Å². The molecule has 1 N–H and O–H groups in total. The Morgan fingerprint density at radius 3 is 2.21 bits per heavy atom. The quantitative estimate of drug-likeness (QED) is 0.285. The van der Waals surface area contributed by atoms with E-state index in [2.05, 4.69) is 4.90 Å². The molecule has 1 amide bonds. The molecule has 0 aromatic heterocycles. The second-order valence-electron chi connectivity index (χ2n) is 9.11. The maximum absolute atomic E-state index is 13.2. The first-order chi connectivity index (χ1) is 18.2. The third kappa shape index (κ3) is 5.64. The molecular formula is C27H32ClN3O6S. The fourth-order valence-corrected chi connectivity index (χ4v) is 6.30. The van der Waals surface area contributed by atoms with E-state index < -0.39 is 27.8 Å². The number of morpholine rings is 1. The van der Waals surface area contributed by atoms with Crippen LogP contribution in [0.4, 0.5) is 0 Å². The molecule has 2 fully saturated rings. The molecule has 9 nitrogen and oxygen atoms in total. The van der Waals surface area contributed by atoms with Gasteiger partial charge in [0.15, 0.2) is 0 Å². The number of hydrogen-bond acceptors (Lipinski definition) is 7. The highest BCUT2D eigenvalue weighted by Gasteiger charge is 2.46. The molecule has 4 rings (SSSR count). The molecule has 0 aliphatic carbocycles. The van der Waals surface area contributed by atoms with Gasteiger partial charge in [-0.1, -0.05) is 37.6 Å². The van der Waals surface area contributed by atoms with E-state index >= 15 is 0 Å². The number of carbonyl (C=O) groups excluding carboxylic acids is 2. The van der Waals surface area contributed by atoms with Crippen molar-refractivity contribution in [3.05, 3.63) is 70.3 Å². The summed E-state index contributed by atoms with van der Waals surface area (Å²) in [4.78, 5) is 30.1. The number of likely N-dealkylation sites (N-methyl/N-ethyl adjacent to an activating group) is 1. The lowest BCUT2D eigenvalue weighted by atomic mass is 9.95. The van der Waals surface area contributed by atoms with Crippen LogP contribution < -0.4 is 0 Å². The number of Topliss-reactive ketones (excluding diaryl/α,β-unsaturated/α-hetero) is 1. The van der Waals surface area contributed by atoms with Gasteiger partial charge in [-0.3, -0.25) is 9.59 Å². The minimum atomic E-state index is -3.72. The van der Waals surface area contributed by atoms with Gasteiger partial charge in [-0.15, -0.1) is 0 Å². The predicted molar refractivity (Wildman–Crippen MR) is 144 cm³/mol. The number of ether oxygens (including phenoxy) is 1. The van der Waals surface area contributed by atoms with Crippen molar-refractivity contribution in [1.29, 1.82) is 0 Å². The maximum Gasteiger partial charge on any atom is 0.295 e. The number of amides is 1. The standard InChI is InChI=1S/C27H32ClN3O6S/c1-3-29(4-2)13-14-31-24(19-5-9-21(28)10-6-19)23(26(33)27(31)34)25(32)20-7-11-22(12-8-20)38(35,36)30-15-17-37-18-16-30/h5-12,24,32H,3-4,13-18H2,1-2H3/b25-23-. The van der Waals surface area contributed by atoms with Gasteiger partial charge in [0.25, 0.3) is 11.7 Å². The predicted octanol–water partition coefficient (Wildman–Crippen LogP) is 3.12. The highest BCUT2D eigenvalue weighted by Crippen LogP contribution is 2.39. The van der Waals surface area contributed by atoms with Gasteiger partial charge in [0.2, 0.25) is 10.0 Å². The summed E-state index contributed by atoms with van der Waals surface area (Å²) < 4.78 is 32.6. The second kappa shape index (κ2) is 12.0. The van der Waals surface area contributed by atoms with Gasteiger partial charge in [0, 0.05) is 36.8 Å². The maximum atomic E-state index is 13.2. The summed E-state index contributed by atoms with van der Waals surface area (Å²) in [6.07, 6.45) is 0. The molecule has 11 heteroatoms. The highest BCUT2D eigenvalue weighted by atomic mass is 35.5. The number of sulfonamides is 1. The molecule has 1 unspecified atom stereocenters. The van der Waals surface area contributed by atoms with E-state index in [0.717, 1.165) is 13.1 Å². The zero-order chi connectivity index (χ0) is 27.4. The fraction of sp³-hybridized carbons (Fsp3) is 0.407. The van der Waals surface area contributed by atoms with Crippen LogP contribution in [-0.2, 0) is 24.3 Å². The van der Waals surface area contributed by atoms with Crippen molar-refractivity contribution < 1.29 is 27.9 Å². The summed E-state index contributed by atoms with van der Waals surface area (Å²) in [5.41, 5.74) is 0.841. The number of hydrogen-bond donors (Lipinski definition) is 1. The Morgan fingerprint density at radius 2 is 1.63 bits per heavy atom. The number of carbonyl (C=O) groups is 2. The Labute approximate surface area is 228 Å². The summed E-state index contributed by atoms with van der Waals surface area (Å²) in [7, 11) is -3.72. The van der Waals surface area contributed by atoms with E-state index in [1.165, 1.54) is 33.5 Å². The lowest BCUT2D eigenvalue weighted by Gasteiger charge is -2.28. The van der Waals surface area contributed by atoms with Crippen LogP contribution in [0.15, 0.2) is 59.0 Å². The molecule has 0 radical (unpaired) electrons. The van der Waals surface area contributed by atoms with Crippen molar-refractivity contribution in [3.8, 4) is 0 Å². The normalized spacial score (nSPS) is 20.4. The average molecular weight is 562 g/mol. The van der Waals surface area contributed by atoms with Gasteiger partial charge in [-0.2, -0.15) is 4.31 Å². The Kier molecular flexibility index (Phi) is 8.89. The number of benzene rings is 2. The zero-order valence-corrected chi connectivity index (χ0v) is 23.0. The molecule has 2 heterocycles. The number of aliphatic hydroxyl groups excluding tert-OH is 1. The summed E-state index contributed by atoms with van der Waals surface area (Å²) in [6.45, 7) is 7.70. The number of nitrogens with zero attached hydrogens (tertiary/aromatic N) is 3. The van der Waals surface area contributed by atoms with Gasteiger partial charge >= 0.3 is 0 Å². The van der Waals surface area contributed by atoms with Crippen molar-refractivity contribution in [1.82, 2.24) is 14.1 Å². The molecule has 0 bridgehead atoms. The van der Waals surface area contributed by atoms with Crippen LogP contribution in [0.1, 0.15) is 31.0 Å². The van der Waals surface area contributed by atoms with Gasteiger partial charge < -0.3 is 19.6 Å². The molecule has 38 heavy (non-hydrogen) atoms. The largest absolute Gasteiger partial charge is 0.507 e. The van der Waals surface area contributed by atoms with E-state index in [9.17, 15) is 23.1 Å². The number of ketones is 1. The third-order valence-electron chi connectivity index (χ3n) is 7.01. The van der Waals surface area contributed by atoms with Crippen molar-refractivity contribution in [2.24, 2.45) is 0 Å². The van der Waals surface area contributed by atoms with E-state index in [1.807, 2.05) is 13.8 Å². The Balaban J connectivity index is 1.71. The zero-order valence-electron chi connectivity index (χ0n) is 21.5. The number of rotatable bonds is 9. The van der Waals surface area contributed by atoms with Crippen molar-refractivity contribution in [2.45, 2.75) is 24.8 Å². The molecular weight excluding hydrogens is 530 g/mol. The molecule has 2 aromatic rings. The molecule has 2 saturated heterocycles. The summed E-state index contributed by atoms with van der Waals surface area (Å²) in [6, 6.07) is 11.7. The van der Waals surface area contributed by atoms with Crippen LogP contribution in [0, 0.1) is 0 Å². The van der Waals surface area contributed by atoms with Gasteiger partial charge in [-0.25, -0.2) is 8.42 Å². The molecule has 204 valence electrons. The van der Waals surface area contributed by atoms with E-state index in [1.54, 1.807) is 24.3 Å². The van der Waals surface area contributed by atoms with Gasteiger partial charge in [-0.05, 0) is 55.1 Å². The second-order valence-corrected chi connectivity index (χ2v) is 11.5. The van der Waals surface area contributed by atoms with Crippen molar-refractivity contribution in [2.75, 3.05) is 52.5 Å². The average Bonchev–Trinajstić information content (AvgIpc) is 3.19. The molecule has 2 aliphatic rings. The van der Waals surface area contributed by atoms with Crippen LogP contribution >= 0.6 is 11.6 Å². The minimum Gasteiger partial charge on any atom is -0.507 e.